The lowest BCUT2D eigenvalue weighted by Gasteiger charge is -2.26. The van der Waals surface area contributed by atoms with Gasteiger partial charge in [0.05, 0.1) is 13.1 Å². The topological polar surface area (TPSA) is 75.1 Å². The third-order valence-electron chi connectivity index (χ3n) is 2.67. The van der Waals surface area contributed by atoms with Crippen LogP contribution in [0.3, 0.4) is 0 Å². The van der Waals surface area contributed by atoms with Gasteiger partial charge >= 0.3 is 0 Å². The van der Waals surface area contributed by atoms with Crippen LogP contribution in [0, 0.1) is 0 Å². The number of piperazine rings is 1. The van der Waals surface area contributed by atoms with Crippen molar-refractivity contribution in [3.05, 3.63) is 12.2 Å². The molecule has 17 heavy (non-hydrogen) atoms. The molecule has 1 aliphatic heterocycles. The highest BCUT2D eigenvalue weighted by Gasteiger charge is 2.13. The smallest absolute Gasteiger partial charge is 0.234 e. The molecule has 0 aliphatic carbocycles. The summed E-state index contributed by atoms with van der Waals surface area (Å²) >= 11 is 0. The van der Waals surface area contributed by atoms with Crippen LogP contribution in [-0.4, -0.2) is 58.3 Å². The van der Waals surface area contributed by atoms with E-state index in [4.69, 9.17) is 0 Å². The van der Waals surface area contributed by atoms with Crippen molar-refractivity contribution in [1.82, 2.24) is 30.3 Å². The molecule has 0 saturated carbocycles. The molecule has 1 aliphatic rings. The van der Waals surface area contributed by atoms with Gasteiger partial charge in [-0.05, 0) is 0 Å². The van der Waals surface area contributed by atoms with Gasteiger partial charge in [-0.25, -0.2) is 4.98 Å². The second kappa shape index (κ2) is 5.74. The molecule has 0 unspecified atom stereocenters. The highest BCUT2D eigenvalue weighted by atomic mass is 16.2. The highest BCUT2D eigenvalue weighted by Crippen LogP contribution is 1.92. The van der Waals surface area contributed by atoms with E-state index in [1.807, 2.05) is 0 Å². The summed E-state index contributed by atoms with van der Waals surface area (Å²) in [6.07, 6.45) is 1.62. The SMILES string of the molecule is Cn1cnc(CNC(=O)CN2CCNCC2)n1. The maximum atomic E-state index is 11.7. The van der Waals surface area contributed by atoms with Crippen LogP contribution in [0.25, 0.3) is 0 Å². The summed E-state index contributed by atoms with van der Waals surface area (Å²) in [7, 11) is 1.80. The molecule has 1 aromatic rings. The van der Waals surface area contributed by atoms with Gasteiger partial charge in [0, 0.05) is 33.2 Å². The predicted octanol–water partition coefficient (Wildman–Crippen LogP) is -1.66. The van der Waals surface area contributed by atoms with Crippen molar-refractivity contribution in [2.75, 3.05) is 32.7 Å². The maximum Gasteiger partial charge on any atom is 0.234 e. The van der Waals surface area contributed by atoms with Crippen molar-refractivity contribution in [2.45, 2.75) is 6.54 Å². The number of nitrogens with zero attached hydrogens (tertiary/aromatic N) is 4. The van der Waals surface area contributed by atoms with Gasteiger partial charge in [0.1, 0.15) is 6.33 Å². The number of carbonyl (C=O) groups excluding carboxylic acids is 1. The number of hydrogen-bond acceptors (Lipinski definition) is 5. The van der Waals surface area contributed by atoms with Crippen LogP contribution in [0.5, 0.6) is 0 Å². The molecular formula is C10H18N6O. The van der Waals surface area contributed by atoms with E-state index >= 15 is 0 Å². The largest absolute Gasteiger partial charge is 0.348 e. The molecule has 7 heteroatoms. The van der Waals surface area contributed by atoms with Gasteiger partial charge in [-0.15, -0.1) is 0 Å². The molecule has 0 bridgehead atoms. The van der Waals surface area contributed by atoms with Crippen LogP contribution in [-0.2, 0) is 18.4 Å². The molecule has 2 N–H and O–H groups in total. The zero-order valence-electron chi connectivity index (χ0n) is 10.0. The third kappa shape index (κ3) is 3.79. The third-order valence-corrected chi connectivity index (χ3v) is 2.67. The van der Waals surface area contributed by atoms with E-state index in [-0.39, 0.29) is 5.91 Å². The summed E-state index contributed by atoms with van der Waals surface area (Å²) in [5.41, 5.74) is 0. The molecule has 2 heterocycles. The number of aromatic nitrogens is 3. The quantitative estimate of drug-likeness (QED) is 0.656. The van der Waals surface area contributed by atoms with Crippen molar-refractivity contribution >= 4 is 5.91 Å². The number of amides is 1. The zero-order chi connectivity index (χ0) is 12.1. The first kappa shape index (κ1) is 12.0. The van der Waals surface area contributed by atoms with Crippen LogP contribution in [0.15, 0.2) is 6.33 Å². The number of nitrogens with one attached hydrogen (secondary N) is 2. The van der Waals surface area contributed by atoms with Gasteiger partial charge in [-0.2, -0.15) is 5.10 Å². The summed E-state index contributed by atoms with van der Waals surface area (Å²) in [4.78, 5) is 17.8. The molecule has 0 spiro atoms. The molecule has 1 amide bonds. The Hall–Kier alpha value is -1.47. The van der Waals surface area contributed by atoms with E-state index in [1.54, 1.807) is 18.1 Å². The second-order valence-corrected chi connectivity index (χ2v) is 4.14. The minimum absolute atomic E-state index is 0.0272. The lowest BCUT2D eigenvalue weighted by molar-refractivity contribution is -0.122. The van der Waals surface area contributed by atoms with Crippen molar-refractivity contribution < 1.29 is 4.79 Å². The van der Waals surface area contributed by atoms with Crippen molar-refractivity contribution in [1.29, 1.82) is 0 Å². The van der Waals surface area contributed by atoms with Crippen LogP contribution in [0.4, 0.5) is 0 Å². The average molecular weight is 238 g/mol. The Labute approximate surface area is 100 Å². The molecular weight excluding hydrogens is 220 g/mol. The Morgan fingerprint density at radius 2 is 2.29 bits per heavy atom. The lowest BCUT2D eigenvalue weighted by atomic mass is 10.3. The lowest BCUT2D eigenvalue weighted by Crippen LogP contribution is -2.47. The Kier molecular flexibility index (Phi) is 4.05. The Balaban J connectivity index is 1.70. The number of carbonyl (C=O) groups is 1. The molecule has 0 aromatic carbocycles. The molecule has 1 saturated heterocycles. The molecule has 1 fully saturated rings. The fourth-order valence-corrected chi connectivity index (χ4v) is 1.77. The van der Waals surface area contributed by atoms with Crippen LogP contribution < -0.4 is 10.6 Å². The predicted molar refractivity (Wildman–Crippen MR) is 62.2 cm³/mol. The normalized spacial score (nSPS) is 17.0. The molecule has 94 valence electrons. The van der Waals surface area contributed by atoms with Crippen molar-refractivity contribution in [3.63, 3.8) is 0 Å². The van der Waals surface area contributed by atoms with Gasteiger partial charge in [0.2, 0.25) is 5.91 Å². The van der Waals surface area contributed by atoms with E-state index < -0.39 is 0 Å². The van der Waals surface area contributed by atoms with E-state index in [2.05, 4.69) is 25.6 Å². The van der Waals surface area contributed by atoms with Gasteiger partial charge in [0.25, 0.3) is 0 Å². The number of rotatable bonds is 4. The molecule has 7 nitrogen and oxygen atoms in total. The van der Waals surface area contributed by atoms with E-state index in [9.17, 15) is 4.79 Å². The number of aryl methyl sites for hydroxylation is 1. The van der Waals surface area contributed by atoms with Gasteiger partial charge in [-0.1, -0.05) is 0 Å². The summed E-state index contributed by atoms with van der Waals surface area (Å²) in [5, 5.41) is 10.2. The van der Waals surface area contributed by atoms with Gasteiger partial charge < -0.3 is 10.6 Å². The first-order valence-corrected chi connectivity index (χ1v) is 5.78. The summed E-state index contributed by atoms with van der Waals surface area (Å²) < 4.78 is 1.62. The van der Waals surface area contributed by atoms with E-state index in [1.165, 1.54) is 0 Å². The molecule has 0 atom stereocenters. The standard InChI is InChI=1S/C10H18N6O/c1-15-8-13-9(14-15)6-12-10(17)7-16-4-2-11-3-5-16/h8,11H,2-7H2,1H3,(H,12,17). The fraction of sp³-hybridized carbons (Fsp3) is 0.700. The van der Waals surface area contributed by atoms with E-state index in [0.29, 0.717) is 18.9 Å². The summed E-state index contributed by atoms with van der Waals surface area (Å²) in [5.74, 6) is 0.667. The molecule has 2 rings (SSSR count). The fourth-order valence-electron chi connectivity index (χ4n) is 1.77. The zero-order valence-corrected chi connectivity index (χ0v) is 10.0. The van der Waals surface area contributed by atoms with Crippen molar-refractivity contribution in [2.24, 2.45) is 7.05 Å². The Bertz CT molecular complexity index is 371. The number of hydrogen-bond donors (Lipinski definition) is 2. The summed E-state index contributed by atoms with van der Waals surface area (Å²) in [6.45, 7) is 4.61. The maximum absolute atomic E-state index is 11.7. The second-order valence-electron chi connectivity index (χ2n) is 4.14. The van der Waals surface area contributed by atoms with Gasteiger partial charge in [0.15, 0.2) is 5.82 Å². The van der Waals surface area contributed by atoms with Crippen LogP contribution >= 0.6 is 0 Å². The highest BCUT2D eigenvalue weighted by molar-refractivity contribution is 5.77. The van der Waals surface area contributed by atoms with Gasteiger partial charge in [-0.3, -0.25) is 14.4 Å². The average Bonchev–Trinajstić information content (AvgIpc) is 2.74. The summed E-state index contributed by atoms with van der Waals surface area (Å²) in [6, 6.07) is 0. The molecule has 1 aromatic heterocycles. The minimum atomic E-state index is 0.0272. The first-order chi connectivity index (χ1) is 8.24. The van der Waals surface area contributed by atoms with Crippen LogP contribution in [0.1, 0.15) is 5.82 Å². The van der Waals surface area contributed by atoms with Crippen molar-refractivity contribution in [3.8, 4) is 0 Å². The van der Waals surface area contributed by atoms with E-state index in [0.717, 1.165) is 26.2 Å². The molecule has 0 radical (unpaired) electrons. The minimum Gasteiger partial charge on any atom is -0.348 e. The Morgan fingerprint density at radius 1 is 1.53 bits per heavy atom. The first-order valence-electron chi connectivity index (χ1n) is 5.78. The van der Waals surface area contributed by atoms with Crippen LogP contribution in [0.2, 0.25) is 0 Å². The monoisotopic (exact) mass is 238 g/mol. The Morgan fingerprint density at radius 3 is 2.94 bits per heavy atom.